The normalized spacial score (nSPS) is 11.6. The maximum atomic E-state index is 4.69. The van der Waals surface area contributed by atoms with E-state index in [9.17, 15) is 0 Å². The molecule has 5 heteroatoms. The third kappa shape index (κ3) is 3.46. The van der Waals surface area contributed by atoms with E-state index in [-0.39, 0.29) is 0 Å². The zero-order chi connectivity index (χ0) is 17.1. The molecule has 2 aromatic heterocycles. The Labute approximate surface area is 146 Å². The second kappa shape index (κ2) is 6.91. The molecule has 2 N–H and O–H groups in total. The number of hydrogen-bond acceptors (Lipinski definition) is 3. The second-order valence-electron chi connectivity index (χ2n) is 6.19. The lowest BCUT2D eigenvalue weighted by atomic mass is 10.3. The molecule has 2 aromatic carbocycles. The molecule has 4 rings (SSSR count). The molecule has 0 aliphatic heterocycles. The second-order valence-corrected chi connectivity index (χ2v) is 6.19. The number of nitrogens with zero attached hydrogens (tertiary/aromatic N) is 3. The van der Waals surface area contributed by atoms with Gasteiger partial charge in [-0.05, 0) is 30.7 Å². The fourth-order valence-electron chi connectivity index (χ4n) is 3.07. The van der Waals surface area contributed by atoms with Crippen LogP contribution in [0.4, 0.5) is 0 Å². The van der Waals surface area contributed by atoms with Gasteiger partial charge in [0.2, 0.25) is 0 Å². The maximum Gasteiger partial charge on any atom is 0.121 e. The Morgan fingerprint density at radius 3 is 1.84 bits per heavy atom. The molecule has 0 saturated carbocycles. The van der Waals surface area contributed by atoms with Gasteiger partial charge < -0.3 is 9.97 Å². The van der Waals surface area contributed by atoms with Crippen LogP contribution in [0.25, 0.3) is 22.1 Å². The van der Waals surface area contributed by atoms with Crippen molar-refractivity contribution in [2.45, 2.75) is 19.5 Å². The van der Waals surface area contributed by atoms with Crippen molar-refractivity contribution < 1.29 is 0 Å². The molecule has 2 heterocycles. The number of fused-ring (bicyclic) bond motifs is 2. The summed E-state index contributed by atoms with van der Waals surface area (Å²) in [5, 5.41) is 0. The average molecular weight is 331 g/mol. The van der Waals surface area contributed by atoms with Crippen molar-refractivity contribution in [1.82, 2.24) is 24.8 Å². The van der Waals surface area contributed by atoms with Crippen LogP contribution in [-0.4, -0.2) is 31.4 Å². The summed E-state index contributed by atoms with van der Waals surface area (Å²) in [7, 11) is 0. The molecule has 0 aliphatic carbocycles. The van der Waals surface area contributed by atoms with Crippen molar-refractivity contribution in [2.24, 2.45) is 0 Å². The van der Waals surface area contributed by atoms with Crippen molar-refractivity contribution in [3.05, 3.63) is 72.8 Å². The SMILES string of the molecule is C=CCCN(Cc1nc2ccccc2[nH]1)Cc1nc2ccccc2[nH]1. The summed E-state index contributed by atoms with van der Waals surface area (Å²) in [5.74, 6) is 1.95. The lowest BCUT2D eigenvalue weighted by Gasteiger charge is -2.19. The lowest BCUT2D eigenvalue weighted by molar-refractivity contribution is 0.251. The van der Waals surface area contributed by atoms with Gasteiger partial charge in [0.25, 0.3) is 0 Å². The summed E-state index contributed by atoms with van der Waals surface area (Å²) >= 11 is 0. The van der Waals surface area contributed by atoms with Gasteiger partial charge >= 0.3 is 0 Å². The van der Waals surface area contributed by atoms with Gasteiger partial charge in [0.1, 0.15) is 11.6 Å². The van der Waals surface area contributed by atoms with Crippen molar-refractivity contribution in [2.75, 3.05) is 6.54 Å². The standard InChI is InChI=1S/C20H21N5/c1-2-3-12-25(13-19-21-15-8-4-5-9-16(15)22-19)14-20-23-17-10-6-7-11-18(17)24-20/h2,4-11H,1,3,12-14H2,(H,21,22)(H,23,24). The van der Waals surface area contributed by atoms with E-state index in [2.05, 4.69) is 33.6 Å². The first-order chi connectivity index (χ1) is 12.3. The van der Waals surface area contributed by atoms with E-state index in [1.54, 1.807) is 0 Å². The number of aromatic amines is 2. The van der Waals surface area contributed by atoms with Crippen molar-refractivity contribution in [1.29, 1.82) is 0 Å². The van der Waals surface area contributed by atoms with E-state index in [1.807, 2.05) is 42.5 Å². The Morgan fingerprint density at radius 1 is 0.840 bits per heavy atom. The summed E-state index contributed by atoms with van der Waals surface area (Å²) in [4.78, 5) is 18.5. The van der Waals surface area contributed by atoms with Crippen LogP contribution in [0.2, 0.25) is 0 Å². The lowest BCUT2D eigenvalue weighted by Crippen LogP contribution is -2.25. The van der Waals surface area contributed by atoms with Crippen molar-refractivity contribution in [3.63, 3.8) is 0 Å². The summed E-state index contributed by atoms with van der Waals surface area (Å²) < 4.78 is 0. The minimum Gasteiger partial charge on any atom is -0.341 e. The van der Waals surface area contributed by atoms with Crippen LogP contribution in [-0.2, 0) is 13.1 Å². The van der Waals surface area contributed by atoms with Crippen LogP contribution in [0.5, 0.6) is 0 Å². The fraction of sp³-hybridized carbons (Fsp3) is 0.200. The first-order valence-corrected chi connectivity index (χ1v) is 8.52. The van der Waals surface area contributed by atoms with Gasteiger partial charge in [-0.1, -0.05) is 30.3 Å². The van der Waals surface area contributed by atoms with Gasteiger partial charge in [0.05, 0.1) is 35.2 Å². The molecule has 126 valence electrons. The van der Waals surface area contributed by atoms with E-state index in [1.165, 1.54) is 0 Å². The topological polar surface area (TPSA) is 60.6 Å². The number of rotatable bonds is 7. The number of imidazole rings is 2. The molecule has 0 bridgehead atoms. The molecular weight excluding hydrogens is 310 g/mol. The molecule has 0 amide bonds. The Bertz CT molecular complexity index is 855. The monoisotopic (exact) mass is 331 g/mol. The van der Waals surface area contributed by atoms with Gasteiger partial charge in [0.15, 0.2) is 0 Å². The third-order valence-electron chi connectivity index (χ3n) is 4.27. The third-order valence-corrected chi connectivity index (χ3v) is 4.27. The molecule has 0 spiro atoms. The molecular formula is C20H21N5. The first kappa shape index (κ1) is 15.6. The number of hydrogen-bond donors (Lipinski definition) is 2. The highest BCUT2D eigenvalue weighted by Gasteiger charge is 2.12. The number of H-pyrrole nitrogens is 2. The van der Waals surface area contributed by atoms with Crippen molar-refractivity contribution in [3.8, 4) is 0 Å². The molecule has 0 fully saturated rings. The van der Waals surface area contributed by atoms with Gasteiger partial charge in [0, 0.05) is 6.54 Å². The van der Waals surface area contributed by atoms with Crippen LogP contribution in [0.15, 0.2) is 61.2 Å². The van der Waals surface area contributed by atoms with Gasteiger partial charge in [-0.25, -0.2) is 9.97 Å². The molecule has 0 unspecified atom stereocenters. The molecule has 0 saturated heterocycles. The van der Waals surface area contributed by atoms with E-state index in [4.69, 9.17) is 9.97 Å². The molecule has 0 atom stereocenters. The van der Waals surface area contributed by atoms with Crippen LogP contribution in [0, 0.1) is 0 Å². The maximum absolute atomic E-state index is 4.69. The predicted molar refractivity (Wildman–Crippen MR) is 101 cm³/mol. The Morgan fingerprint density at radius 2 is 1.36 bits per heavy atom. The molecule has 5 nitrogen and oxygen atoms in total. The van der Waals surface area contributed by atoms with Crippen LogP contribution >= 0.6 is 0 Å². The largest absolute Gasteiger partial charge is 0.341 e. The molecule has 0 aliphatic rings. The summed E-state index contributed by atoms with van der Waals surface area (Å²) in [6.45, 7) is 6.26. The van der Waals surface area contributed by atoms with Crippen molar-refractivity contribution >= 4 is 22.1 Å². The predicted octanol–water partition coefficient (Wildman–Crippen LogP) is 4.02. The first-order valence-electron chi connectivity index (χ1n) is 8.52. The minimum atomic E-state index is 0.750. The van der Waals surface area contributed by atoms with Gasteiger partial charge in [-0.3, -0.25) is 4.90 Å². The van der Waals surface area contributed by atoms with E-state index >= 15 is 0 Å². The number of nitrogens with one attached hydrogen (secondary N) is 2. The highest BCUT2D eigenvalue weighted by Crippen LogP contribution is 2.15. The average Bonchev–Trinajstić information content (AvgIpc) is 3.22. The fourth-order valence-corrected chi connectivity index (χ4v) is 3.07. The quantitative estimate of drug-likeness (QED) is 0.503. The number of benzene rings is 2. The van der Waals surface area contributed by atoms with E-state index < -0.39 is 0 Å². The Balaban J connectivity index is 1.55. The van der Waals surface area contributed by atoms with E-state index in [0.29, 0.717) is 0 Å². The van der Waals surface area contributed by atoms with Crippen LogP contribution in [0.3, 0.4) is 0 Å². The minimum absolute atomic E-state index is 0.750. The summed E-state index contributed by atoms with van der Waals surface area (Å²) in [5.41, 5.74) is 4.16. The highest BCUT2D eigenvalue weighted by atomic mass is 15.2. The number of aromatic nitrogens is 4. The zero-order valence-corrected chi connectivity index (χ0v) is 14.1. The zero-order valence-electron chi connectivity index (χ0n) is 14.1. The van der Waals surface area contributed by atoms with Crippen LogP contribution in [0.1, 0.15) is 18.1 Å². The van der Waals surface area contributed by atoms with Crippen LogP contribution < -0.4 is 0 Å². The molecule has 0 radical (unpaired) electrons. The van der Waals surface area contributed by atoms with Gasteiger partial charge in [-0.15, -0.1) is 6.58 Å². The summed E-state index contributed by atoms with van der Waals surface area (Å²) in [6.07, 6.45) is 2.88. The number of para-hydroxylation sites is 4. The molecule has 4 aromatic rings. The summed E-state index contributed by atoms with van der Waals surface area (Å²) in [6, 6.07) is 16.2. The van der Waals surface area contributed by atoms with E-state index in [0.717, 1.165) is 59.8 Å². The van der Waals surface area contributed by atoms with Gasteiger partial charge in [-0.2, -0.15) is 0 Å². The molecule has 25 heavy (non-hydrogen) atoms. The Hall–Kier alpha value is -2.92. The highest BCUT2D eigenvalue weighted by molar-refractivity contribution is 5.75. The Kier molecular flexibility index (Phi) is 4.31. The smallest absolute Gasteiger partial charge is 0.121 e.